The lowest BCUT2D eigenvalue weighted by atomic mass is 9.80. The molecular weight excluding hydrogens is 228 g/mol. The zero-order chi connectivity index (χ0) is 13.2. The van der Waals surface area contributed by atoms with Gasteiger partial charge in [-0.15, -0.1) is 0 Å². The third kappa shape index (κ3) is 2.44. The van der Waals surface area contributed by atoms with E-state index < -0.39 is 0 Å². The number of carbonyl (C=O) groups is 1. The van der Waals surface area contributed by atoms with Crippen LogP contribution in [-0.4, -0.2) is 48.0 Å². The Morgan fingerprint density at radius 2 is 2.06 bits per heavy atom. The largest absolute Gasteiger partial charge is 0.348 e. The third-order valence-corrected chi connectivity index (χ3v) is 3.45. The van der Waals surface area contributed by atoms with Gasteiger partial charge in [0.05, 0.1) is 5.41 Å². The molecule has 0 aromatic carbocycles. The first-order valence-corrected chi connectivity index (χ1v) is 6.27. The molecule has 1 atom stereocenters. The zero-order valence-corrected chi connectivity index (χ0v) is 11.3. The predicted octanol–water partition coefficient (Wildman–Crippen LogP) is 1.17. The molecule has 1 aliphatic heterocycles. The molecule has 1 unspecified atom stereocenters. The van der Waals surface area contributed by atoms with Gasteiger partial charge in [0.15, 0.2) is 0 Å². The minimum Gasteiger partial charge on any atom is -0.348 e. The average molecular weight is 248 g/mol. The van der Waals surface area contributed by atoms with Crippen LogP contribution in [0.4, 0.5) is 5.95 Å². The summed E-state index contributed by atoms with van der Waals surface area (Å²) in [6.07, 6.45) is 5.39. The highest BCUT2D eigenvalue weighted by molar-refractivity contribution is 5.82. The molecule has 1 aromatic rings. The first kappa shape index (κ1) is 12.8. The van der Waals surface area contributed by atoms with Crippen LogP contribution in [0.15, 0.2) is 18.5 Å². The summed E-state index contributed by atoms with van der Waals surface area (Å²) in [6.45, 7) is 3.64. The van der Waals surface area contributed by atoms with Crippen LogP contribution in [0.1, 0.15) is 19.8 Å². The molecule has 0 aliphatic carbocycles. The van der Waals surface area contributed by atoms with Gasteiger partial charge >= 0.3 is 0 Å². The number of anilines is 1. The quantitative estimate of drug-likeness (QED) is 0.788. The number of piperidine rings is 1. The van der Waals surface area contributed by atoms with E-state index in [1.54, 1.807) is 23.4 Å². The summed E-state index contributed by atoms with van der Waals surface area (Å²) in [7, 11) is 3.62. The Hall–Kier alpha value is -1.65. The fourth-order valence-electron chi connectivity index (χ4n) is 2.58. The van der Waals surface area contributed by atoms with E-state index in [-0.39, 0.29) is 11.3 Å². The van der Waals surface area contributed by atoms with Crippen LogP contribution in [-0.2, 0) is 4.79 Å². The summed E-state index contributed by atoms with van der Waals surface area (Å²) in [5, 5.41) is 0. The van der Waals surface area contributed by atoms with Crippen LogP contribution in [0.3, 0.4) is 0 Å². The Morgan fingerprint density at radius 3 is 2.67 bits per heavy atom. The molecule has 1 fully saturated rings. The van der Waals surface area contributed by atoms with Gasteiger partial charge in [-0.2, -0.15) is 0 Å². The second-order valence-electron chi connectivity index (χ2n) is 5.33. The molecule has 18 heavy (non-hydrogen) atoms. The molecule has 1 aliphatic rings. The van der Waals surface area contributed by atoms with E-state index in [0.717, 1.165) is 25.3 Å². The van der Waals surface area contributed by atoms with Gasteiger partial charge in [-0.1, -0.05) is 0 Å². The Morgan fingerprint density at radius 1 is 1.39 bits per heavy atom. The van der Waals surface area contributed by atoms with Crippen LogP contribution >= 0.6 is 0 Å². The van der Waals surface area contributed by atoms with Crippen LogP contribution in [0.2, 0.25) is 0 Å². The molecular formula is C13H20N4O. The van der Waals surface area contributed by atoms with Gasteiger partial charge in [0, 0.05) is 39.6 Å². The van der Waals surface area contributed by atoms with Crippen molar-refractivity contribution in [3.8, 4) is 0 Å². The van der Waals surface area contributed by atoms with E-state index in [4.69, 9.17) is 0 Å². The van der Waals surface area contributed by atoms with E-state index in [9.17, 15) is 4.79 Å². The molecule has 0 bridgehead atoms. The van der Waals surface area contributed by atoms with Crippen molar-refractivity contribution >= 4 is 11.9 Å². The van der Waals surface area contributed by atoms with Crippen molar-refractivity contribution in [2.45, 2.75) is 19.8 Å². The van der Waals surface area contributed by atoms with Gasteiger partial charge < -0.3 is 9.80 Å². The van der Waals surface area contributed by atoms with Crippen molar-refractivity contribution in [3.63, 3.8) is 0 Å². The van der Waals surface area contributed by atoms with Gasteiger partial charge in [-0.05, 0) is 25.8 Å². The van der Waals surface area contributed by atoms with Crippen molar-refractivity contribution in [3.05, 3.63) is 18.5 Å². The monoisotopic (exact) mass is 248 g/mol. The second-order valence-corrected chi connectivity index (χ2v) is 5.33. The number of hydrogen-bond acceptors (Lipinski definition) is 4. The SMILES string of the molecule is CN(C)C(=O)C1(C)CCCN(c2ncccn2)C1. The maximum atomic E-state index is 12.3. The minimum atomic E-state index is -0.332. The number of hydrogen-bond donors (Lipinski definition) is 0. The predicted molar refractivity (Wildman–Crippen MR) is 70.3 cm³/mol. The topological polar surface area (TPSA) is 49.3 Å². The fourth-order valence-corrected chi connectivity index (χ4v) is 2.58. The lowest BCUT2D eigenvalue weighted by molar-refractivity contribution is -0.139. The standard InChI is InChI=1S/C13H20N4O/c1-13(11(18)16(2)3)6-4-9-17(10-13)12-14-7-5-8-15-12/h5,7-8H,4,6,9-10H2,1-3H3. The summed E-state index contributed by atoms with van der Waals surface area (Å²) >= 11 is 0. The molecule has 0 N–H and O–H groups in total. The summed E-state index contributed by atoms with van der Waals surface area (Å²) in [5.74, 6) is 0.901. The smallest absolute Gasteiger partial charge is 0.229 e. The Balaban J connectivity index is 2.16. The van der Waals surface area contributed by atoms with Crippen molar-refractivity contribution in [1.29, 1.82) is 0 Å². The van der Waals surface area contributed by atoms with Gasteiger partial charge in [0.1, 0.15) is 0 Å². The summed E-state index contributed by atoms with van der Waals surface area (Å²) in [5.41, 5.74) is -0.332. The van der Waals surface area contributed by atoms with Crippen LogP contribution in [0.5, 0.6) is 0 Å². The molecule has 0 radical (unpaired) electrons. The molecule has 0 saturated carbocycles. The first-order valence-electron chi connectivity index (χ1n) is 6.27. The van der Waals surface area contributed by atoms with Gasteiger partial charge in [-0.25, -0.2) is 9.97 Å². The maximum Gasteiger partial charge on any atom is 0.229 e. The normalized spacial score (nSPS) is 23.8. The molecule has 5 heteroatoms. The molecule has 0 spiro atoms. The van der Waals surface area contributed by atoms with Gasteiger partial charge in [0.2, 0.25) is 11.9 Å². The van der Waals surface area contributed by atoms with Crippen LogP contribution in [0.25, 0.3) is 0 Å². The van der Waals surface area contributed by atoms with Crippen LogP contribution < -0.4 is 4.90 Å². The van der Waals surface area contributed by atoms with E-state index in [1.807, 2.05) is 21.0 Å². The lowest BCUT2D eigenvalue weighted by Gasteiger charge is -2.40. The van der Waals surface area contributed by atoms with E-state index in [0.29, 0.717) is 6.54 Å². The van der Waals surface area contributed by atoms with Crippen molar-refractivity contribution in [2.75, 3.05) is 32.1 Å². The van der Waals surface area contributed by atoms with E-state index in [2.05, 4.69) is 14.9 Å². The number of nitrogens with zero attached hydrogens (tertiary/aromatic N) is 4. The summed E-state index contributed by atoms with van der Waals surface area (Å²) in [4.78, 5) is 24.6. The molecule has 2 heterocycles. The van der Waals surface area contributed by atoms with E-state index >= 15 is 0 Å². The fraction of sp³-hybridized carbons (Fsp3) is 0.615. The second kappa shape index (κ2) is 4.92. The van der Waals surface area contributed by atoms with Gasteiger partial charge in [0.25, 0.3) is 0 Å². The van der Waals surface area contributed by atoms with Crippen LogP contribution in [0, 0.1) is 5.41 Å². The highest BCUT2D eigenvalue weighted by Crippen LogP contribution is 2.32. The Bertz CT molecular complexity index is 420. The zero-order valence-electron chi connectivity index (χ0n) is 11.3. The molecule has 5 nitrogen and oxygen atoms in total. The Kier molecular flexibility index (Phi) is 3.50. The van der Waals surface area contributed by atoms with Crippen molar-refractivity contribution in [2.24, 2.45) is 5.41 Å². The number of amides is 1. The lowest BCUT2D eigenvalue weighted by Crippen LogP contribution is -2.50. The average Bonchev–Trinajstić information content (AvgIpc) is 2.39. The number of carbonyl (C=O) groups excluding carboxylic acids is 1. The maximum absolute atomic E-state index is 12.3. The molecule has 1 saturated heterocycles. The van der Waals surface area contributed by atoms with Crippen molar-refractivity contribution < 1.29 is 4.79 Å². The molecule has 98 valence electrons. The third-order valence-electron chi connectivity index (χ3n) is 3.45. The molecule has 1 amide bonds. The number of aromatic nitrogens is 2. The molecule has 1 aromatic heterocycles. The summed E-state index contributed by atoms with van der Waals surface area (Å²) in [6, 6.07) is 1.80. The van der Waals surface area contributed by atoms with Gasteiger partial charge in [-0.3, -0.25) is 4.79 Å². The Labute approximate surface area is 108 Å². The minimum absolute atomic E-state index is 0.183. The highest BCUT2D eigenvalue weighted by Gasteiger charge is 2.39. The number of rotatable bonds is 2. The first-order chi connectivity index (χ1) is 8.53. The molecule has 2 rings (SSSR count). The highest BCUT2D eigenvalue weighted by atomic mass is 16.2. The van der Waals surface area contributed by atoms with Crippen molar-refractivity contribution in [1.82, 2.24) is 14.9 Å². The van der Waals surface area contributed by atoms with E-state index in [1.165, 1.54) is 0 Å². The summed E-state index contributed by atoms with van der Waals surface area (Å²) < 4.78 is 0.